The van der Waals surface area contributed by atoms with E-state index in [0.29, 0.717) is 24.3 Å². The van der Waals surface area contributed by atoms with Gasteiger partial charge in [0.15, 0.2) is 0 Å². The van der Waals surface area contributed by atoms with Crippen molar-refractivity contribution in [2.45, 2.75) is 18.9 Å². The smallest absolute Gasteiger partial charge is 0.254 e. The molecular formula is C14H16BrN3O2. The molecule has 2 aliphatic heterocycles. The quantitative estimate of drug-likeness (QED) is 0.760. The van der Waals surface area contributed by atoms with Crippen LogP contribution in [0.25, 0.3) is 0 Å². The lowest BCUT2D eigenvalue weighted by molar-refractivity contribution is -0.123. The third-order valence-electron chi connectivity index (χ3n) is 4.03. The molecule has 5 nitrogen and oxygen atoms in total. The van der Waals surface area contributed by atoms with E-state index in [0.717, 1.165) is 17.3 Å². The van der Waals surface area contributed by atoms with Gasteiger partial charge in [0.25, 0.3) is 5.91 Å². The van der Waals surface area contributed by atoms with Crippen LogP contribution in [-0.2, 0) is 4.79 Å². The van der Waals surface area contributed by atoms with E-state index in [4.69, 9.17) is 5.73 Å². The topological polar surface area (TPSA) is 75.4 Å². The van der Waals surface area contributed by atoms with Crippen LogP contribution in [0.15, 0.2) is 22.7 Å². The zero-order chi connectivity index (χ0) is 14.3. The van der Waals surface area contributed by atoms with Crippen LogP contribution in [0.4, 0.5) is 5.69 Å². The first-order valence-corrected chi connectivity index (χ1v) is 7.50. The van der Waals surface area contributed by atoms with E-state index < -0.39 is 0 Å². The second-order valence-electron chi connectivity index (χ2n) is 5.33. The highest BCUT2D eigenvalue weighted by molar-refractivity contribution is 9.10. The molecule has 2 heterocycles. The summed E-state index contributed by atoms with van der Waals surface area (Å²) < 4.78 is 0.787. The molecule has 0 radical (unpaired) electrons. The molecule has 20 heavy (non-hydrogen) atoms. The zero-order valence-corrected chi connectivity index (χ0v) is 12.5. The molecule has 6 heteroatoms. The number of amides is 2. The van der Waals surface area contributed by atoms with Crippen molar-refractivity contribution < 1.29 is 9.59 Å². The molecule has 3 rings (SSSR count). The van der Waals surface area contributed by atoms with E-state index in [1.54, 1.807) is 18.2 Å². The number of benzene rings is 1. The Bertz CT molecular complexity index is 555. The van der Waals surface area contributed by atoms with Gasteiger partial charge in [-0.2, -0.15) is 0 Å². The van der Waals surface area contributed by atoms with Crippen LogP contribution in [0.5, 0.6) is 0 Å². The molecule has 2 fully saturated rings. The van der Waals surface area contributed by atoms with Crippen LogP contribution in [-0.4, -0.2) is 35.8 Å². The molecule has 2 unspecified atom stereocenters. The van der Waals surface area contributed by atoms with E-state index in [-0.39, 0.29) is 23.8 Å². The Morgan fingerprint density at radius 1 is 1.40 bits per heavy atom. The summed E-state index contributed by atoms with van der Waals surface area (Å²) in [6.45, 7) is 1.25. The van der Waals surface area contributed by atoms with Crippen molar-refractivity contribution in [3.05, 3.63) is 28.2 Å². The highest BCUT2D eigenvalue weighted by atomic mass is 79.9. The maximum Gasteiger partial charge on any atom is 0.254 e. The number of nitrogens with one attached hydrogen (secondary N) is 1. The molecular weight excluding hydrogens is 322 g/mol. The van der Waals surface area contributed by atoms with E-state index in [1.807, 2.05) is 4.90 Å². The third kappa shape index (κ3) is 2.28. The van der Waals surface area contributed by atoms with Crippen LogP contribution < -0.4 is 11.1 Å². The Hall–Kier alpha value is -1.56. The predicted octanol–water partition coefficient (Wildman–Crippen LogP) is 1.38. The van der Waals surface area contributed by atoms with Crippen molar-refractivity contribution in [3.63, 3.8) is 0 Å². The molecule has 0 spiro atoms. The highest BCUT2D eigenvalue weighted by Crippen LogP contribution is 2.29. The summed E-state index contributed by atoms with van der Waals surface area (Å²) in [5.41, 5.74) is 6.91. The molecule has 1 aromatic rings. The van der Waals surface area contributed by atoms with Gasteiger partial charge in [0.05, 0.1) is 12.0 Å². The van der Waals surface area contributed by atoms with Gasteiger partial charge < -0.3 is 16.0 Å². The van der Waals surface area contributed by atoms with Crippen LogP contribution in [0, 0.1) is 5.92 Å². The summed E-state index contributed by atoms with van der Waals surface area (Å²) in [6, 6.07) is 5.19. The Kier molecular flexibility index (Phi) is 3.41. The molecule has 3 N–H and O–H groups in total. The van der Waals surface area contributed by atoms with Crippen molar-refractivity contribution in [3.8, 4) is 0 Å². The van der Waals surface area contributed by atoms with Gasteiger partial charge >= 0.3 is 0 Å². The Labute approximate surface area is 125 Å². The molecule has 1 aromatic carbocycles. The molecule has 2 saturated heterocycles. The summed E-state index contributed by atoms with van der Waals surface area (Å²) in [6.07, 6.45) is 1.73. The lowest BCUT2D eigenvalue weighted by atomic mass is 9.91. The van der Waals surface area contributed by atoms with Crippen molar-refractivity contribution >= 4 is 33.4 Å². The average molecular weight is 338 g/mol. The minimum absolute atomic E-state index is 0.0241. The van der Waals surface area contributed by atoms with Crippen LogP contribution in [0.3, 0.4) is 0 Å². The SMILES string of the molecule is Nc1cc(Br)cc(C(=O)N2CCCC3C(=O)NCC32)c1. The Morgan fingerprint density at radius 3 is 2.95 bits per heavy atom. The number of nitrogens with zero attached hydrogens (tertiary/aromatic N) is 1. The summed E-state index contributed by atoms with van der Waals surface area (Å²) >= 11 is 3.35. The van der Waals surface area contributed by atoms with Crippen LogP contribution >= 0.6 is 15.9 Å². The van der Waals surface area contributed by atoms with Crippen LogP contribution in [0.2, 0.25) is 0 Å². The van der Waals surface area contributed by atoms with Crippen molar-refractivity contribution in [2.75, 3.05) is 18.8 Å². The standard InChI is InChI=1S/C14H16BrN3O2/c15-9-4-8(5-10(16)6-9)14(20)18-3-1-2-11-12(18)7-17-13(11)19/h4-6,11-12H,1-3,7,16H2,(H,17,19). The third-order valence-corrected chi connectivity index (χ3v) is 4.49. The number of rotatable bonds is 1. The van der Waals surface area contributed by atoms with Crippen LogP contribution in [0.1, 0.15) is 23.2 Å². The number of fused-ring (bicyclic) bond motifs is 1. The number of likely N-dealkylation sites (tertiary alicyclic amines) is 1. The largest absolute Gasteiger partial charge is 0.399 e. The van der Waals surface area contributed by atoms with E-state index in [1.165, 1.54) is 0 Å². The molecule has 0 bridgehead atoms. The van der Waals surface area contributed by atoms with E-state index >= 15 is 0 Å². The number of anilines is 1. The Balaban J connectivity index is 1.88. The number of carbonyl (C=O) groups is 2. The first-order chi connectivity index (χ1) is 9.56. The molecule has 2 amide bonds. The highest BCUT2D eigenvalue weighted by Gasteiger charge is 2.42. The lowest BCUT2D eigenvalue weighted by Crippen LogP contribution is -2.48. The summed E-state index contributed by atoms with van der Waals surface area (Å²) in [4.78, 5) is 26.2. The first-order valence-electron chi connectivity index (χ1n) is 6.71. The first kappa shape index (κ1) is 13.4. The number of nitrogens with two attached hydrogens (primary N) is 1. The minimum Gasteiger partial charge on any atom is -0.399 e. The molecule has 0 saturated carbocycles. The van der Waals surface area contributed by atoms with Gasteiger partial charge in [-0.25, -0.2) is 0 Å². The number of hydrogen-bond acceptors (Lipinski definition) is 3. The van der Waals surface area contributed by atoms with Gasteiger partial charge in [0.2, 0.25) is 5.91 Å². The fourth-order valence-electron chi connectivity index (χ4n) is 3.11. The van der Waals surface area contributed by atoms with Gasteiger partial charge in [-0.1, -0.05) is 15.9 Å². The van der Waals surface area contributed by atoms with Gasteiger partial charge in [-0.05, 0) is 31.0 Å². The van der Waals surface area contributed by atoms with E-state index in [9.17, 15) is 9.59 Å². The Morgan fingerprint density at radius 2 is 2.20 bits per heavy atom. The van der Waals surface area contributed by atoms with Gasteiger partial charge in [-0.3, -0.25) is 9.59 Å². The summed E-state index contributed by atoms with van der Waals surface area (Å²) in [5, 5.41) is 2.85. The normalized spacial score (nSPS) is 25.2. The number of halogens is 1. The van der Waals surface area contributed by atoms with Gasteiger partial charge in [-0.15, -0.1) is 0 Å². The lowest BCUT2D eigenvalue weighted by Gasteiger charge is -2.36. The predicted molar refractivity (Wildman–Crippen MR) is 79.1 cm³/mol. The zero-order valence-electron chi connectivity index (χ0n) is 10.9. The maximum absolute atomic E-state index is 12.7. The monoisotopic (exact) mass is 337 g/mol. The molecule has 106 valence electrons. The second kappa shape index (κ2) is 5.09. The number of carbonyl (C=O) groups excluding carboxylic acids is 2. The minimum atomic E-state index is -0.0581. The van der Waals surface area contributed by atoms with Crippen molar-refractivity contribution in [2.24, 2.45) is 5.92 Å². The fourth-order valence-corrected chi connectivity index (χ4v) is 3.62. The molecule has 0 aliphatic carbocycles. The molecule has 2 atom stereocenters. The maximum atomic E-state index is 12.7. The molecule has 2 aliphatic rings. The number of nitrogen functional groups attached to an aromatic ring is 1. The summed E-state index contributed by atoms with van der Waals surface area (Å²) in [7, 11) is 0. The van der Waals surface area contributed by atoms with E-state index in [2.05, 4.69) is 21.2 Å². The molecule has 0 aromatic heterocycles. The fraction of sp³-hybridized carbons (Fsp3) is 0.429. The summed E-state index contributed by atoms with van der Waals surface area (Å²) in [5.74, 6) is -0.0392. The second-order valence-corrected chi connectivity index (χ2v) is 6.25. The van der Waals surface area contributed by atoms with Crippen molar-refractivity contribution in [1.82, 2.24) is 10.2 Å². The van der Waals surface area contributed by atoms with Crippen molar-refractivity contribution in [1.29, 1.82) is 0 Å². The average Bonchev–Trinajstić information content (AvgIpc) is 2.79. The number of hydrogen-bond donors (Lipinski definition) is 2. The van der Waals surface area contributed by atoms with Gasteiger partial charge in [0, 0.05) is 28.8 Å². The van der Waals surface area contributed by atoms with Gasteiger partial charge in [0.1, 0.15) is 0 Å². The number of piperidine rings is 1.